The van der Waals surface area contributed by atoms with Crippen LogP contribution in [-0.2, 0) is 9.53 Å². The highest BCUT2D eigenvalue weighted by Gasteiger charge is 2.45. The van der Waals surface area contributed by atoms with E-state index in [4.69, 9.17) is 4.74 Å². The SMILES string of the molecule is CCOC(=O)[C@@H]1[C@@H]2C=C[C@@H](CC2)N1[C@H](C)c1ccccc1. The predicted molar refractivity (Wildman–Crippen MR) is 82.8 cm³/mol. The highest BCUT2D eigenvalue weighted by Crippen LogP contribution is 2.40. The Hall–Kier alpha value is -1.61. The summed E-state index contributed by atoms with van der Waals surface area (Å²) in [5.41, 5.74) is 1.26. The van der Waals surface area contributed by atoms with Gasteiger partial charge in [0.05, 0.1) is 6.61 Å². The molecule has 1 fully saturated rings. The summed E-state index contributed by atoms with van der Waals surface area (Å²) < 4.78 is 5.34. The third-order valence-corrected chi connectivity index (χ3v) is 4.74. The molecule has 1 aromatic carbocycles. The van der Waals surface area contributed by atoms with Crippen LogP contribution in [0, 0.1) is 5.92 Å². The van der Waals surface area contributed by atoms with Crippen molar-refractivity contribution in [1.29, 1.82) is 0 Å². The Morgan fingerprint density at radius 1 is 1.29 bits per heavy atom. The first-order valence-electron chi connectivity index (χ1n) is 7.89. The molecule has 3 heteroatoms. The molecule has 0 spiro atoms. The van der Waals surface area contributed by atoms with Gasteiger partial charge < -0.3 is 4.74 Å². The van der Waals surface area contributed by atoms with Gasteiger partial charge in [-0.05, 0) is 32.3 Å². The van der Waals surface area contributed by atoms with Gasteiger partial charge >= 0.3 is 5.97 Å². The lowest BCUT2D eigenvalue weighted by molar-refractivity contribution is -0.156. The van der Waals surface area contributed by atoms with Gasteiger partial charge in [0.25, 0.3) is 0 Å². The summed E-state index contributed by atoms with van der Waals surface area (Å²) in [5, 5.41) is 0. The van der Waals surface area contributed by atoms with Gasteiger partial charge in [0.2, 0.25) is 0 Å². The zero-order valence-electron chi connectivity index (χ0n) is 12.7. The van der Waals surface area contributed by atoms with Crippen LogP contribution in [0.2, 0.25) is 0 Å². The van der Waals surface area contributed by atoms with Crippen molar-refractivity contribution < 1.29 is 9.53 Å². The number of fused-ring (bicyclic) bond motifs is 2. The van der Waals surface area contributed by atoms with Crippen molar-refractivity contribution in [2.45, 2.75) is 44.8 Å². The number of piperidine rings is 1. The molecule has 2 aliphatic heterocycles. The largest absolute Gasteiger partial charge is 0.465 e. The predicted octanol–water partition coefficient (Wildman–Crippen LogP) is 3.33. The molecule has 3 nitrogen and oxygen atoms in total. The van der Waals surface area contributed by atoms with Crippen molar-refractivity contribution in [3.05, 3.63) is 48.0 Å². The summed E-state index contributed by atoms with van der Waals surface area (Å²) in [5.74, 6) is 0.222. The number of nitrogens with zero attached hydrogens (tertiary/aromatic N) is 1. The molecular weight excluding hydrogens is 262 g/mol. The minimum atomic E-state index is -0.135. The number of carbonyl (C=O) groups is 1. The van der Waals surface area contributed by atoms with Gasteiger partial charge in [0, 0.05) is 18.0 Å². The van der Waals surface area contributed by atoms with Gasteiger partial charge in [-0.15, -0.1) is 0 Å². The lowest BCUT2D eigenvalue weighted by Crippen LogP contribution is -2.57. The molecule has 0 unspecified atom stereocenters. The van der Waals surface area contributed by atoms with Crippen LogP contribution in [0.25, 0.3) is 0 Å². The van der Waals surface area contributed by atoms with E-state index in [1.807, 2.05) is 13.0 Å². The second-order valence-electron chi connectivity index (χ2n) is 5.92. The van der Waals surface area contributed by atoms with Gasteiger partial charge in [-0.1, -0.05) is 42.5 Å². The molecule has 4 atom stereocenters. The maximum absolute atomic E-state index is 12.4. The Morgan fingerprint density at radius 3 is 2.67 bits per heavy atom. The Bertz CT molecular complexity index is 525. The van der Waals surface area contributed by atoms with E-state index in [1.54, 1.807) is 0 Å². The summed E-state index contributed by atoms with van der Waals surface area (Å²) in [6.45, 7) is 4.51. The van der Waals surface area contributed by atoms with Crippen LogP contribution in [0.5, 0.6) is 0 Å². The van der Waals surface area contributed by atoms with Gasteiger partial charge in [-0.3, -0.25) is 9.69 Å². The van der Waals surface area contributed by atoms with Crippen LogP contribution in [0.3, 0.4) is 0 Å². The molecule has 4 rings (SSSR count). The summed E-state index contributed by atoms with van der Waals surface area (Å²) in [6, 6.07) is 10.9. The summed E-state index contributed by atoms with van der Waals surface area (Å²) in [7, 11) is 0. The molecule has 1 aliphatic carbocycles. The number of hydrogen-bond acceptors (Lipinski definition) is 3. The first-order valence-corrected chi connectivity index (χ1v) is 7.89. The molecule has 1 aromatic rings. The molecule has 112 valence electrons. The van der Waals surface area contributed by atoms with Gasteiger partial charge in [-0.25, -0.2) is 0 Å². The fourth-order valence-electron chi connectivity index (χ4n) is 3.72. The van der Waals surface area contributed by atoms with Gasteiger partial charge in [0.15, 0.2) is 0 Å². The van der Waals surface area contributed by atoms with Crippen molar-refractivity contribution in [2.24, 2.45) is 5.92 Å². The van der Waals surface area contributed by atoms with Crippen molar-refractivity contribution in [3.63, 3.8) is 0 Å². The monoisotopic (exact) mass is 285 g/mol. The quantitative estimate of drug-likeness (QED) is 0.628. The Labute approximate surface area is 126 Å². The van der Waals surface area contributed by atoms with Gasteiger partial charge in [-0.2, -0.15) is 0 Å². The average Bonchev–Trinajstić information content (AvgIpc) is 2.55. The van der Waals surface area contributed by atoms with Crippen LogP contribution in [0.4, 0.5) is 0 Å². The minimum absolute atomic E-state index is 0.0701. The lowest BCUT2D eigenvalue weighted by Gasteiger charge is -2.49. The van der Waals surface area contributed by atoms with Gasteiger partial charge in [0.1, 0.15) is 6.04 Å². The number of carbonyl (C=O) groups excluding carboxylic acids is 1. The number of rotatable bonds is 4. The molecular formula is C18H23NO2. The average molecular weight is 285 g/mol. The molecule has 2 heterocycles. The summed E-state index contributed by atoms with van der Waals surface area (Å²) in [4.78, 5) is 14.8. The molecule has 0 saturated carbocycles. The van der Waals surface area contributed by atoms with Crippen molar-refractivity contribution in [2.75, 3.05) is 6.61 Å². The zero-order valence-corrected chi connectivity index (χ0v) is 12.7. The van der Waals surface area contributed by atoms with E-state index < -0.39 is 0 Å². The summed E-state index contributed by atoms with van der Waals surface area (Å²) >= 11 is 0. The Morgan fingerprint density at radius 2 is 2.05 bits per heavy atom. The molecule has 1 saturated heterocycles. The Balaban J connectivity index is 1.90. The first kappa shape index (κ1) is 14.3. The van der Waals surface area contributed by atoms with E-state index in [1.165, 1.54) is 5.56 Å². The second-order valence-corrected chi connectivity index (χ2v) is 5.92. The highest BCUT2D eigenvalue weighted by atomic mass is 16.5. The fourth-order valence-corrected chi connectivity index (χ4v) is 3.72. The normalized spacial score (nSPS) is 29.3. The van der Waals surface area contributed by atoms with E-state index in [9.17, 15) is 4.79 Å². The molecule has 0 aromatic heterocycles. The maximum atomic E-state index is 12.4. The lowest BCUT2D eigenvalue weighted by atomic mass is 9.78. The summed E-state index contributed by atoms with van der Waals surface area (Å²) in [6.07, 6.45) is 6.70. The van der Waals surface area contributed by atoms with Crippen molar-refractivity contribution in [3.8, 4) is 0 Å². The van der Waals surface area contributed by atoms with Crippen LogP contribution < -0.4 is 0 Å². The number of esters is 1. The first-order chi connectivity index (χ1) is 10.2. The van der Waals surface area contributed by atoms with E-state index in [0.29, 0.717) is 18.6 Å². The molecule has 0 amide bonds. The molecule has 0 radical (unpaired) electrons. The standard InChI is InChI=1S/C18H23NO2/c1-3-21-18(20)17-15-9-11-16(12-10-15)19(17)13(2)14-7-5-4-6-8-14/h4-9,11,13,15-17H,3,10,12H2,1-2H3/t13-,15-,16+,17+/m1/s1. The molecule has 21 heavy (non-hydrogen) atoms. The molecule has 2 bridgehead atoms. The van der Waals surface area contributed by atoms with Crippen LogP contribution in [-0.4, -0.2) is 29.6 Å². The van der Waals surface area contributed by atoms with E-state index >= 15 is 0 Å². The second kappa shape index (κ2) is 6.02. The Kier molecular flexibility index (Phi) is 4.11. The number of benzene rings is 1. The third kappa shape index (κ3) is 2.62. The van der Waals surface area contributed by atoms with E-state index in [-0.39, 0.29) is 18.1 Å². The van der Waals surface area contributed by atoms with Crippen molar-refractivity contribution >= 4 is 5.97 Å². The third-order valence-electron chi connectivity index (χ3n) is 4.74. The van der Waals surface area contributed by atoms with Crippen molar-refractivity contribution in [1.82, 2.24) is 4.90 Å². The number of ether oxygens (including phenoxy) is 1. The van der Waals surface area contributed by atoms with E-state index in [0.717, 1.165) is 12.8 Å². The van der Waals surface area contributed by atoms with Crippen LogP contribution in [0.1, 0.15) is 38.3 Å². The maximum Gasteiger partial charge on any atom is 0.323 e. The topological polar surface area (TPSA) is 29.5 Å². The highest BCUT2D eigenvalue weighted by molar-refractivity contribution is 5.77. The van der Waals surface area contributed by atoms with E-state index in [2.05, 4.69) is 48.2 Å². The van der Waals surface area contributed by atoms with Crippen LogP contribution in [0.15, 0.2) is 42.5 Å². The zero-order chi connectivity index (χ0) is 14.8. The molecule has 3 aliphatic rings. The van der Waals surface area contributed by atoms with Crippen LogP contribution >= 0.6 is 0 Å². The number of hydrogen-bond donors (Lipinski definition) is 0. The molecule has 0 N–H and O–H groups in total. The smallest absolute Gasteiger partial charge is 0.323 e. The fraction of sp³-hybridized carbons (Fsp3) is 0.500. The minimum Gasteiger partial charge on any atom is -0.465 e.